The quantitative estimate of drug-likeness (QED) is 0.673. The molecular weight excluding hydrogens is 228 g/mol. The van der Waals surface area contributed by atoms with Crippen molar-refractivity contribution in [2.75, 3.05) is 46.3 Å². The molecule has 2 saturated heterocycles. The molecule has 0 aliphatic carbocycles. The zero-order valence-electron chi connectivity index (χ0n) is 11.4. The molecule has 2 rings (SSSR count). The molecule has 0 aromatic rings. The zero-order chi connectivity index (χ0) is 12.8. The number of nitrogens with zero attached hydrogens (tertiary/aromatic N) is 1. The van der Waals surface area contributed by atoms with E-state index in [1.807, 2.05) is 0 Å². The van der Waals surface area contributed by atoms with Crippen LogP contribution in [0.1, 0.15) is 19.3 Å². The summed E-state index contributed by atoms with van der Waals surface area (Å²) in [6, 6.07) is 0.000767. The first-order valence-electron chi connectivity index (χ1n) is 7.15. The second-order valence-electron chi connectivity index (χ2n) is 5.70. The number of carbonyl (C=O) groups is 1. The molecule has 2 aliphatic heterocycles. The molecule has 1 atom stereocenters. The summed E-state index contributed by atoms with van der Waals surface area (Å²) in [5.74, 6) is 1.26. The van der Waals surface area contributed by atoms with E-state index in [2.05, 4.69) is 27.9 Å². The number of likely N-dealkylation sites (tertiary alicyclic amines) is 1. The standard InChI is InChI=1S/C13H26N4O/c1-17-6-3-11(4-7-17)9-15-13(18)16-10-12-2-5-14-8-12/h11-12,14H,2-10H2,1H3,(H2,15,16,18). The van der Waals surface area contributed by atoms with Crippen molar-refractivity contribution < 1.29 is 4.79 Å². The van der Waals surface area contributed by atoms with Gasteiger partial charge < -0.3 is 20.9 Å². The van der Waals surface area contributed by atoms with Gasteiger partial charge in [0, 0.05) is 13.1 Å². The van der Waals surface area contributed by atoms with Crippen molar-refractivity contribution in [3.05, 3.63) is 0 Å². The number of piperidine rings is 1. The second kappa shape index (κ2) is 6.95. The Morgan fingerprint density at radius 2 is 1.83 bits per heavy atom. The molecular formula is C13H26N4O. The van der Waals surface area contributed by atoms with Gasteiger partial charge in [-0.2, -0.15) is 0 Å². The van der Waals surface area contributed by atoms with Crippen molar-refractivity contribution in [1.29, 1.82) is 0 Å². The maximum absolute atomic E-state index is 11.7. The van der Waals surface area contributed by atoms with E-state index < -0.39 is 0 Å². The molecule has 0 aromatic heterocycles. The molecule has 0 radical (unpaired) electrons. The predicted molar refractivity (Wildman–Crippen MR) is 72.6 cm³/mol. The Balaban J connectivity index is 1.54. The van der Waals surface area contributed by atoms with Gasteiger partial charge in [0.25, 0.3) is 0 Å². The topological polar surface area (TPSA) is 56.4 Å². The second-order valence-corrected chi connectivity index (χ2v) is 5.70. The summed E-state index contributed by atoms with van der Waals surface area (Å²) >= 11 is 0. The van der Waals surface area contributed by atoms with E-state index in [0.717, 1.165) is 39.3 Å². The Bertz CT molecular complexity index is 258. The number of urea groups is 1. The molecule has 3 N–H and O–H groups in total. The molecule has 2 amide bonds. The van der Waals surface area contributed by atoms with Gasteiger partial charge in [0.2, 0.25) is 0 Å². The maximum Gasteiger partial charge on any atom is 0.314 e. The van der Waals surface area contributed by atoms with Crippen molar-refractivity contribution in [3.63, 3.8) is 0 Å². The van der Waals surface area contributed by atoms with E-state index >= 15 is 0 Å². The summed E-state index contributed by atoms with van der Waals surface area (Å²) in [5.41, 5.74) is 0. The number of amides is 2. The molecule has 18 heavy (non-hydrogen) atoms. The highest BCUT2D eigenvalue weighted by molar-refractivity contribution is 5.73. The Kier molecular flexibility index (Phi) is 5.26. The monoisotopic (exact) mass is 254 g/mol. The summed E-state index contributed by atoms with van der Waals surface area (Å²) < 4.78 is 0. The lowest BCUT2D eigenvalue weighted by Crippen LogP contribution is -2.42. The minimum atomic E-state index is 0.000767. The number of nitrogens with one attached hydrogen (secondary N) is 3. The number of hydrogen-bond acceptors (Lipinski definition) is 3. The van der Waals surface area contributed by atoms with E-state index in [9.17, 15) is 4.79 Å². The lowest BCUT2D eigenvalue weighted by molar-refractivity contribution is 0.209. The molecule has 5 nitrogen and oxygen atoms in total. The molecule has 1 unspecified atom stereocenters. The van der Waals surface area contributed by atoms with Gasteiger partial charge in [-0.1, -0.05) is 0 Å². The van der Waals surface area contributed by atoms with Gasteiger partial charge in [0.15, 0.2) is 0 Å². The van der Waals surface area contributed by atoms with Crippen molar-refractivity contribution in [2.45, 2.75) is 19.3 Å². The Morgan fingerprint density at radius 1 is 1.17 bits per heavy atom. The maximum atomic E-state index is 11.7. The van der Waals surface area contributed by atoms with Crippen LogP contribution in [-0.2, 0) is 0 Å². The molecule has 0 aromatic carbocycles. The van der Waals surface area contributed by atoms with Crippen LogP contribution in [0.3, 0.4) is 0 Å². The van der Waals surface area contributed by atoms with Gasteiger partial charge in [-0.05, 0) is 64.3 Å². The van der Waals surface area contributed by atoms with Crippen molar-refractivity contribution >= 4 is 6.03 Å². The van der Waals surface area contributed by atoms with Crippen LogP contribution in [0.5, 0.6) is 0 Å². The fraction of sp³-hybridized carbons (Fsp3) is 0.923. The average Bonchev–Trinajstić information content (AvgIpc) is 2.89. The largest absolute Gasteiger partial charge is 0.338 e. The predicted octanol–water partition coefficient (Wildman–Crippen LogP) is 0.237. The SMILES string of the molecule is CN1CCC(CNC(=O)NCC2CCNC2)CC1. The molecule has 0 bridgehead atoms. The zero-order valence-corrected chi connectivity index (χ0v) is 11.4. The summed E-state index contributed by atoms with van der Waals surface area (Å²) in [5, 5.41) is 9.28. The first-order chi connectivity index (χ1) is 8.74. The third-order valence-corrected chi connectivity index (χ3v) is 4.10. The van der Waals surface area contributed by atoms with Crippen LogP contribution in [0.4, 0.5) is 4.79 Å². The van der Waals surface area contributed by atoms with Gasteiger partial charge in [-0.25, -0.2) is 4.79 Å². The average molecular weight is 254 g/mol. The smallest absolute Gasteiger partial charge is 0.314 e. The first kappa shape index (κ1) is 13.6. The van der Waals surface area contributed by atoms with E-state index in [4.69, 9.17) is 0 Å². The van der Waals surface area contributed by atoms with Crippen molar-refractivity contribution in [1.82, 2.24) is 20.9 Å². The summed E-state index contributed by atoms with van der Waals surface area (Å²) in [6.07, 6.45) is 3.57. The molecule has 104 valence electrons. The molecule has 0 spiro atoms. The molecule has 0 saturated carbocycles. The van der Waals surface area contributed by atoms with Crippen LogP contribution in [0, 0.1) is 11.8 Å². The Hall–Kier alpha value is -0.810. The third kappa shape index (κ3) is 4.46. The lowest BCUT2D eigenvalue weighted by atomic mass is 9.97. The lowest BCUT2D eigenvalue weighted by Gasteiger charge is -2.28. The normalized spacial score (nSPS) is 26.2. The molecule has 5 heteroatoms. The highest BCUT2D eigenvalue weighted by Crippen LogP contribution is 2.14. The minimum Gasteiger partial charge on any atom is -0.338 e. The van der Waals surface area contributed by atoms with Crippen LogP contribution < -0.4 is 16.0 Å². The molecule has 2 heterocycles. The van der Waals surface area contributed by atoms with Crippen LogP contribution in [0.15, 0.2) is 0 Å². The van der Waals surface area contributed by atoms with Crippen LogP contribution in [0.2, 0.25) is 0 Å². The molecule has 2 fully saturated rings. The van der Waals surface area contributed by atoms with Crippen molar-refractivity contribution in [3.8, 4) is 0 Å². The van der Waals surface area contributed by atoms with Gasteiger partial charge in [-0.3, -0.25) is 0 Å². The Labute approximate surface area is 110 Å². The summed E-state index contributed by atoms with van der Waals surface area (Å²) in [6.45, 7) is 6.05. The number of carbonyl (C=O) groups excluding carboxylic acids is 1. The van der Waals surface area contributed by atoms with E-state index in [-0.39, 0.29) is 6.03 Å². The highest BCUT2D eigenvalue weighted by atomic mass is 16.2. The Morgan fingerprint density at radius 3 is 2.44 bits per heavy atom. The van der Waals surface area contributed by atoms with Crippen molar-refractivity contribution in [2.24, 2.45) is 11.8 Å². The third-order valence-electron chi connectivity index (χ3n) is 4.10. The number of rotatable bonds is 4. The summed E-state index contributed by atoms with van der Waals surface area (Å²) in [4.78, 5) is 14.0. The fourth-order valence-corrected chi connectivity index (χ4v) is 2.69. The first-order valence-corrected chi connectivity index (χ1v) is 7.15. The number of hydrogen-bond donors (Lipinski definition) is 3. The summed E-state index contributed by atoms with van der Waals surface area (Å²) in [7, 11) is 2.16. The fourth-order valence-electron chi connectivity index (χ4n) is 2.69. The van der Waals surface area contributed by atoms with E-state index in [0.29, 0.717) is 11.8 Å². The van der Waals surface area contributed by atoms with Crippen LogP contribution in [-0.4, -0.2) is 57.2 Å². The van der Waals surface area contributed by atoms with Crippen LogP contribution in [0.25, 0.3) is 0 Å². The van der Waals surface area contributed by atoms with Gasteiger partial charge in [-0.15, -0.1) is 0 Å². The van der Waals surface area contributed by atoms with Crippen LogP contribution >= 0.6 is 0 Å². The minimum absolute atomic E-state index is 0.000767. The highest BCUT2D eigenvalue weighted by Gasteiger charge is 2.18. The van der Waals surface area contributed by atoms with E-state index in [1.54, 1.807) is 0 Å². The van der Waals surface area contributed by atoms with Gasteiger partial charge in [0.1, 0.15) is 0 Å². The van der Waals surface area contributed by atoms with E-state index in [1.165, 1.54) is 19.3 Å². The van der Waals surface area contributed by atoms with Gasteiger partial charge in [0.05, 0.1) is 0 Å². The van der Waals surface area contributed by atoms with Gasteiger partial charge >= 0.3 is 6.03 Å². The molecule has 2 aliphatic rings.